The van der Waals surface area contributed by atoms with E-state index < -0.39 is 5.91 Å². The van der Waals surface area contributed by atoms with E-state index in [0.717, 1.165) is 0 Å². The Morgan fingerprint density at radius 3 is 2.69 bits per heavy atom. The largest absolute Gasteiger partial charge is 0.377 e. The van der Waals surface area contributed by atoms with E-state index >= 15 is 0 Å². The fourth-order valence-corrected chi connectivity index (χ4v) is 3.35. The van der Waals surface area contributed by atoms with Crippen LogP contribution in [0.15, 0.2) is 18.2 Å². The van der Waals surface area contributed by atoms with Crippen molar-refractivity contribution in [1.82, 2.24) is 15.1 Å². The highest BCUT2D eigenvalue weighted by molar-refractivity contribution is 7.15. The molecule has 2 heterocycles. The second kappa shape index (κ2) is 7.30. The van der Waals surface area contributed by atoms with Crippen molar-refractivity contribution in [2.75, 3.05) is 12.4 Å². The number of hydrogen-bond donors (Lipinski definition) is 1. The Balaban J connectivity index is 1.81. The molecule has 0 radical (unpaired) electrons. The van der Waals surface area contributed by atoms with Crippen LogP contribution in [-0.2, 0) is 11.3 Å². The van der Waals surface area contributed by atoms with Crippen LogP contribution in [0.5, 0.6) is 0 Å². The van der Waals surface area contributed by atoms with Crippen LogP contribution < -0.4 is 5.32 Å². The van der Waals surface area contributed by atoms with Crippen molar-refractivity contribution in [3.8, 4) is 0 Å². The van der Waals surface area contributed by atoms with Gasteiger partial charge in [-0.25, -0.2) is 0 Å². The Bertz CT molecular complexity index is 879. The lowest BCUT2D eigenvalue weighted by molar-refractivity contribution is 0.0593. The van der Waals surface area contributed by atoms with E-state index in [0.29, 0.717) is 28.7 Å². The summed E-state index contributed by atoms with van der Waals surface area (Å²) >= 11 is 1.21. The van der Waals surface area contributed by atoms with Crippen LogP contribution in [0.1, 0.15) is 56.3 Å². The number of benzene rings is 1. The predicted octanol–water partition coefficient (Wildman–Crippen LogP) is 2.33. The summed E-state index contributed by atoms with van der Waals surface area (Å²) in [5, 5.41) is 11.4. The van der Waals surface area contributed by atoms with Gasteiger partial charge in [0.05, 0.1) is 11.1 Å². The molecule has 1 N–H and O–H groups in total. The molecule has 3 rings (SSSR count). The minimum Gasteiger partial charge on any atom is -0.377 e. The molecular weight excluding hydrogens is 356 g/mol. The number of anilines is 1. The minimum absolute atomic E-state index is 0.194. The number of methoxy groups -OCH3 is 1. The molecule has 0 fully saturated rings. The molecule has 1 unspecified atom stereocenters. The van der Waals surface area contributed by atoms with Gasteiger partial charge in [-0.2, -0.15) is 0 Å². The Labute approximate surface area is 154 Å². The molecule has 1 atom stereocenters. The molecule has 2 aromatic rings. The number of imide groups is 1. The maximum absolute atomic E-state index is 12.6. The van der Waals surface area contributed by atoms with Gasteiger partial charge < -0.3 is 4.74 Å². The van der Waals surface area contributed by atoms with Gasteiger partial charge in [-0.3, -0.25) is 24.6 Å². The number of hydrogen-bond acceptors (Lipinski definition) is 7. The average molecular weight is 374 g/mol. The van der Waals surface area contributed by atoms with Crippen molar-refractivity contribution in [2.24, 2.45) is 0 Å². The number of carbonyl (C=O) groups excluding carboxylic acids is 3. The van der Waals surface area contributed by atoms with Crippen molar-refractivity contribution in [3.63, 3.8) is 0 Å². The number of nitrogens with zero attached hydrogens (tertiary/aromatic N) is 3. The first-order chi connectivity index (χ1) is 12.5. The van der Waals surface area contributed by atoms with E-state index in [2.05, 4.69) is 15.5 Å². The molecular formula is C17H18N4O4S. The third-order valence-corrected chi connectivity index (χ3v) is 4.98. The van der Waals surface area contributed by atoms with Crippen LogP contribution in [0.2, 0.25) is 0 Å². The van der Waals surface area contributed by atoms with E-state index in [-0.39, 0.29) is 29.0 Å². The summed E-state index contributed by atoms with van der Waals surface area (Å²) in [6.45, 7) is 4.05. The van der Waals surface area contributed by atoms with Crippen LogP contribution in [0, 0.1) is 0 Å². The number of carbonyl (C=O) groups is 3. The topological polar surface area (TPSA) is 101 Å². The molecule has 136 valence electrons. The zero-order valence-electron chi connectivity index (χ0n) is 14.6. The predicted molar refractivity (Wildman–Crippen MR) is 95.3 cm³/mol. The number of amides is 3. The molecule has 1 aliphatic rings. The fraction of sp³-hybridized carbons (Fsp3) is 0.353. The summed E-state index contributed by atoms with van der Waals surface area (Å²) in [4.78, 5) is 38.6. The van der Waals surface area contributed by atoms with Crippen molar-refractivity contribution in [1.29, 1.82) is 0 Å². The van der Waals surface area contributed by atoms with E-state index in [1.165, 1.54) is 34.4 Å². The highest BCUT2D eigenvalue weighted by Crippen LogP contribution is 2.27. The Kier molecular flexibility index (Phi) is 5.10. The number of rotatable bonds is 6. The summed E-state index contributed by atoms with van der Waals surface area (Å²) in [6, 6.07) is 4.30. The highest BCUT2D eigenvalue weighted by atomic mass is 32.1. The molecule has 3 amide bonds. The van der Waals surface area contributed by atoms with Crippen molar-refractivity contribution < 1.29 is 19.1 Å². The maximum Gasteiger partial charge on any atom is 0.261 e. The third kappa shape index (κ3) is 3.23. The molecule has 26 heavy (non-hydrogen) atoms. The van der Waals surface area contributed by atoms with Gasteiger partial charge in [0.15, 0.2) is 0 Å². The fourth-order valence-electron chi connectivity index (χ4n) is 2.64. The van der Waals surface area contributed by atoms with Gasteiger partial charge in [-0.15, -0.1) is 10.2 Å². The molecule has 0 aliphatic carbocycles. The molecule has 8 nitrogen and oxygen atoms in total. The molecule has 0 spiro atoms. The number of fused-ring (bicyclic) bond motifs is 1. The first-order valence-corrected chi connectivity index (χ1v) is 8.92. The Morgan fingerprint density at radius 1 is 1.27 bits per heavy atom. The maximum atomic E-state index is 12.6. The molecule has 0 saturated carbocycles. The second-order valence-electron chi connectivity index (χ2n) is 5.89. The molecule has 0 saturated heterocycles. The number of nitrogens with one attached hydrogen (secondary N) is 1. The monoisotopic (exact) mass is 374 g/mol. The van der Waals surface area contributed by atoms with E-state index in [1.54, 1.807) is 7.11 Å². The summed E-state index contributed by atoms with van der Waals surface area (Å²) in [5.74, 6) is -1.11. The van der Waals surface area contributed by atoms with Gasteiger partial charge in [-0.05, 0) is 31.5 Å². The van der Waals surface area contributed by atoms with Crippen molar-refractivity contribution >= 4 is 34.2 Å². The quantitative estimate of drug-likeness (QED) is 0.779. The summed E-state index contributed by atoms with van der Waals surface area (Å²) in [7, 11) is 1.55. The lowest BCUT2D eigenvalue weighted by Crippen LogP contribution is -2.37. The lowest BCUT2D eigenvalue weighted by Gasteiger charge is -2.20. The van der Waals surface area contributed by atoms with Gasteiger partial charge in [0.25, 0.3) is 17.7 Å². The van der Waals surface area contributed by atoms with E-state index in [4.69, 9.17) is 4.74 Å². The number of aromatic nitrogens is 2. The summed E-state index contributed by atoms with van der Waals surface area (Å²) in [6.07, 6.45) is 0.666. The van der Waals surface area contributed by atoms with Gasteiger partial charge in [-0.1, -0.05) is 18.3 Å². The smallest absolute Gasteiger partial charge is 0.261 e. The molecule has 1 aliphatic heterocycles. The highest BCUT2D eigenvalue weighted by Gasteiger charge is 2.38. The van der Waals surface area contributed by atoms with E-state index in [9.17, 15) is 14.4 Å². The van der Waals surface area contributed by atoms with Crippen LogP contribution in [0.4, 0.5) is 5.13 Å². The molecule has 9 heteroatoms. The molecule has 0 bridgehead atoms. The van der Waals surface area contributed by atoms with Crippen LogP contribution in [0.25, 0.3) is 0 Å². The zero-order chi connectivity index (χ0) is 18.8. The van der Waals surface area contributed by atoms with Crippen LogP contribution in [-0.4, -0.2) is 46.0 Å². The van der Waals surface area contributed by atoms with Crippen LogP contribution >= 0.6 is 11.3 Å². The zero-order valence-corrected chi connectivity index (χ0v) is 15.4. The second-order valence-corrected chi connectivity index (χ2v) is 6.95. The SMILES string of the molecule is CCC(C)N1C(=O)c2ccc(C(=O)Nc3nnc(COC)s3)cc2C1=O. The van der Waals surface area contributed by atoms with Gasteiger partial charge in [0.1, 0.15) is 11.6 Å². The average Bonchev–Trinajstić information content (AvgIpc) is 3.17. The normalized spacial score (nSPS) is 14.5. The summed E-state index contributed by atoms with van der Waals surface area (Å²) < 4.78 is 4.96. The van der Waals surface area contributed by atoms with Gasteiger partial charge in [0.2, 0.25) is 5.13 Å². The Hall–Kier alpha value is -2.65. The number of ether oxygens (including phenoxy) is 1. The third-order valence-electron chi connectivity index (χ3n) is 4.17. The lowest BCUT2D eigenvalue weighted by atomic mass is 10.1. The van der Waals surface area contributed by atoms with E-state index in [1.807, 2.05) is 13.8 Å². The first-order valence-electron chi connectivity index (χ1n) is 8.10. The molecule has 1 aromatic heterocycles. The molecule has 1 aromatic carbocycles. The standard InChI is InChI=1S/C17H18N4O4S/c1-4-9(2)21-15(23)11-6-5-10(7-12(11)16(21)24)14(22)18-17-20-19-13(26-17)8-25-3/h5-7,9H,4,8H2,1-3H3,(H,18,20,22). The summed E-state index contributed by atoms with van der Waals surface area (Å²) in [5.41, 5.74) is 0.852. The van der Waals surface area contributed by atoms with Crippen molar-refractivity contribution in [3.05, 3.63) is 39.9 Å². The minimum atomic E-state index is -0.421. The van der Waals surface area contributed by atoms with Gasteiger partial charge in [0, 0.05) is 18.7 Å². The van der Waals surface area contributed by atoms with Crippen LogP contribution in [0.3, 0.4) is 0 Å². The Morgan fingerprint density at radius 2 is 2.00 bits per heavy atom. The van der Waals surface area contributed by atoms with Crippen molar-refractivity contribution in [2.45, 2.75) is 32.9 Å². The first kappa shape index (κ1) is 18.2. The van der Waals surface area contributed by atoms with Gasteiger partial charge >= 0.3 is 0 Å².